The zero-order chi connectivity index (χ0) is 10.7. The number of nitrogens with two attached hydrogens (primary N) is 1. The molecule has 1 aliphatic heterocycles. The van der Waals surface area contributed by atoms with E-state index in [4.69, 9.17) is 5.73 Å². The predicted molar refractivity (Wildman–Crippen MR) is 63.3 cm³/mol. The lowest BCUT2D eigenvalue weighted by Gasteiger charge is -2.29. The number of piperidine rings is 1. The standard InChI is InChI=1S/C10H18N4S/c1-2-4-9-12-10(15-13-9)14-6-3-5-8(11)7-14/h8H,2-7,11H2,1H3. The third-order valence-electron chi connectivity index (χ3n) is 2.66. The van der Waals surface area contributed by atoms with Crippen molar-refractivity contribution in [2.24, 2.45) is 5.73 Å². The van der Waals surface area contributed by atoms with Crippen LogP contribution in [0.5, 0.6) is 0 Å². The average molecular weight is 226 g/mol. The third kappa shape index (κ3) is 2.66. The first-order valence-electron chi connectivity index (χ1n) is 5.62. The van der Waals surface area contributed by atoms with Crippen molar-refractivity contribution in [1.82, 2.24) is 9.36 Å². The Kier molecular flexibility index (Phi) is 3.53. The van der Waals surface area contributed by atoms with E-state index in [1.165, 1.54) is 18.0 Å². The van der Waals surface area contributed by atoms with Gasteiger partial charge in [-0.3, -0.25) is 0 Å². The van der Waals surface area contributed by atoms with Gasteiger partial charge in [-0.25, -0.2) is 4.98 Å². The highest BCUT2D eigenvalue weighted by molar-refractivity contribution is 7.09. The molecule has 0 radical (unpaired) electrons. The van der Waals surface area contributed by atoms with Gasteiger partial charge in [0, 0.05) is 37.1 Å². The molecule has 1 atom stereocenters. The molecule has 2 rings (SSSR count). The number of anilines is 1. The van der Waals surface area contributed by atoms with Gasteiger partial charge in [0.15, 0.2) is 0 Å². The Labute approximate surface area is 94.7 Å². The zero-order valence-electron chi connectivity index (χ0n) is 9.15. The molecule has 0 bridgehead atoms. The summed E-state index contributed by atoms with van der Waals surface area (Å²) >= 11 is 1.51. The summed E-state index contributed by atoms with van der Waals surface area (Å²) in [5.74, 6) is 0.983. The van der Waals surface area contributed by atoms with Gasteiger partial charge in [-0.1, -0.05) is 6.92 Å². The van der Waals surface area contributed by atoms with Crippen LogP contribution in [0.1, 0.15) is 32.0 Å². The molecule has 4 nitrogen and oxygen atoms in total. The topological polar surface area (TPSA) is 55.0 Å². The molecule has 0 aliphatic carbocycles. The van der Waals surface area contributed by atoms with Crippen molar-refractivity contribution >= 4 is 16.7 Å². The number of nitrogens with zero attached hydrogens (tertiary/aromatic N) is 3. The van der Waals surface area contributed by atoms with Crippen LogP contribution in [-0.4, -0.2) is 28.5 Å². The van der Waals surface area contributed by atoms with E-state index in [1.54, 1.807) is 0 Å². The van der Waals surface area contributed by atoms with E-state index in [9.17, 15) is 0 Å². The van der Waals surface area contributed by atoms with Crippen molar-refractivity contribution in [3.05, 3.63) is 5.82 Å². The Morgan fingerprint density at radius 1 is 1.60 bits per heavy atom. The van der Waals surface area contributed by atoms with Gasteiger partial charge in [-0.2, -0.15) is 4.37 Å². The summed E-state index contributed by atoms with van der Waals surface area (Å²) in [4.78, 5) is 6.80. The van der Waals surface area contributed by atoms with Crippen LogP contribution in [0.2, 0.25) is 0 Å². The quantitative estimate of drug-likeness (QED) is 0.847. The summed E-state index contributed by atoms with van der Waals surface area (Å²) in [6, 6.07) is 0.303. The van der Waals surface area contributed by atoms with E-state index in [1.807, 2.05) is 0 Å². The molecule has 1 unspecified atom stereocenters. The second-order valence-corrected chi connectivity index (χ2v) is 4.82. The van der Waals surface area contributed by atoms with Gasteiger partial charge in [0.05, 0.1) is 0 Å². The fraction of sp³-hybridized carbons (Fsp3) is 0.800. The Morgan fingerprint density at radius 2 is 2.47 bits per heavy atom. The summed E-state index contributed by atoms with van der Waals surface area (Å²) in [5.41, 5.74) is 5.94. The van der Waals surface area contributed by atoms with E-state index in [2.05, 4.69) is 21.2 Å². The van der Waals surface area contributed by atoms with Crippen molar-refractivity contribution < 1.29 is 0 Å². The van der Waals surface area contributed by atoms with Gasteiger partial charge >= 0.3 is 0 Å². The van der Waals surface area contributed by atoms with Gasteiger partial charge in [-0.15, -0.1) is 0 Å². The Morgan fingerprint density at radius 3 is 3.20 bits per heavy atom. The van der Waals surface area contributed by atoms with Crippen LogP contribution in [0.3, 0.4) is 0 Å². The van der Waals surface area contributed by atoms with Crippen molar-refractivity contribution in [3.8, 4) is 0 Å². The lowest BCUT2D eigenvalue weighted by Crippen LogP contribution is -2.42. The average Bonchev–Trinajstić information content (AvgIpc) is 2.67. The smallest absolute Gasteiger partial charge is 0.205 e. The normalized spacial score (nSPS) is 22.0. The second kappa shape index (κ2) is 4.90. The molecule has 1 saturated heterocycles. The molecule has 2 heterocycles. The number of rotatable bonds is 3. The summed E-state index contributed by atoms with van der Waals surface area (Å²) in [6.07, 6.45) is 4.40. The van der Waals surface area contributed by atoms with Gasteiger partial charge in [0.25, 0.3) is 0 Å². The lowest BCUT2D eigenvalue weighted by atomic mass is 10.1. The maximum Gasteiger partial charge on any atom is 0.205 e. The highest BCUT2D eigenvalue weighted by Crippen LogP contribution is 2.21. The second-order valence-electron chi connectivity index (χ2n) is 4.09. The van der Waals surface area contributed by atoms with E-state index in [0.717, 1.165) is 43.3 Å². The molecule has 1 aromatic rings. The van der Waals surface area contributed by atoms with Crippen LogP contribution < -0.4 is 10.6 Å². The largest absolute Gasteiger partial charge is 0.345 e. The number of aromatic nitrogens is 2. The number of aryl methyl sites for hydroxylation is 1. The van der Waals surface area contributed by atoms with Gasteiger partial charge in [0.2, 0.25) is 5.13 Å². The van der Waals surface area contributed by atoms with E-state index >= 15 is 0 Å². The summed E-state index contributed by atoms with van der Waals surface area (Å²) in [5, 5.41) is 1.05. The predicted octanol–water partition coefficient (Wildman–Crippen LogP) is 1.42. The van der Waals surface area contributed by atoms with E-state index in [0.29, 0.717) is 6.04 Å². The highest BCUT2D eigenvalue weighted by Gasteiger charge is 2.19. The SMILES string of the molecule is CCCc1nsc(N2CCCC(N)C2)n1. The molecule has 0 aromatic carbocycles. The van der Waals surface area contributed by atoms with Gasteiger partial charge < -0.3 is 10.6 Å². The molecule has 1 fully saturated rings. The summed E-state index contributed by atoms with van der Waals surface area (Å²) < 4.78 is 4.35. The first-order valence-corrected chi connectivity index (χ1v) is 6.40. The molecule has 1 aliphatic rings. The van der Waals surface area contributed by atoms with Crippen LogP contribution >= 0.6 is 11.5 Å². The molecule has 15 heavy (non-hydrogen) atoms. The fourth-order valence-corrected chi connectivity index (χ4v) is 2.63. The molecule has 0 spiro atoms. The maximum absolute atomic E-state index is 5.94. The Hall–Kier alpha value is -0.680. The monoisotopic (exact) mass is 226 g/mol. The van der Waals surface area contributed by atoms with Crippen LogP contribution in [-0.2, 0) is 6.42 Å². The minimum absolute atomic E-state index is 0.303. The number of hydrogen-bond acceptors (Lipinski definition) is 5. The van der Waals surface area contributed by atoms with Crippen molar-refractivity contribution in [2.75, 3.05) is 18.0 Å². The molecule has 0 amide bonds. The fourth-order valence-electron chi connectivity index (χ4n) is 1.88. The van der Waals surface area contributed by atoms with Crippen LogP contribution in [0.15, 0.2) is 0 Å². The summed E-state index contributed by atoms with van der Waals surface area (Å²) in [6.45, 7) is 4.16. The summed E-state index contributed by atoms with van der Waals surface area (Å²) in [7, 11) is 0. The molecule has 2 N–H and O–H groups in total. The highest BCUT2D eigenvalue weighted by atomic mass is 32.1. The molecule has 84 valence electrons. The van der Waals surface area contributed by atoms with Crippen molar-refractivity contribution in [1.29, 1.82) is 0 Å². The van der Waals surface area contributed by atoms with Gasteiger partial charge in [0.1, 0.15) is 5.82 Å². The minimum Gasteiger partial charge on any atom is -0.345 e. The lowest BCUT2D eigenvalue weighted by molar-refractivity contribution is 0.505. The van der Waals surface area contributed by atoms with Crippen molar-refractivity contribution in [2.45, 2.75) is 38.6 Å². The van der Waals surface area contributed by atoms with Crippen LogP contribution in [0.25, 0.3) is 0 Å². The Balaban J connectivity index is 2.01. The van der Waals surface area contributed by atoms with E-state index in [-0.39, 0.29) is 0 Å². The molecule has 1 aromatic heterocycles. The van der Waals surface area contributed by atoms with Crippen LogP contribution in [0.4, 0.5) is 5.13 Å². The third-order valence-corrected chi connectivity index (χ3v) is 3.47. The molecule has 5 heteroatoms. The molecule has 0 saturated carbocycles. The zero-order valence-corrected chi connectivity index (χ0v) is 9.96. The maximum atomic E-state index is 5.94. The van der Waals surface area contributed by atoms with Crippen molar-refractivity contribution in [3.63, 3.8) is 0 Å². The minimum atomic E-state index is 0.303. The number of hydrogen-bond donors (Lipinski definition) is 1. The van der Waals surface area contributed by atoms with Gasteiger partial charge in [-0.05, 0) is 19.3 Å². The molecular formula is C10H18N4S. The van der Waals surface area contributed by atoms with E-state index < -0.39 is 0 Å². The first-order chi connectivity index (χ1) is 7.29. The molecular weight excluding hydrogens is 208 g/mol. The first kappa shape index (κ1) is 10.8. The van der Waals surface area contributed by atoms with Crippen LogP contribution in [0, 0.1) is 0 Å². The Bertz CT molecular complexity index is 312.